The number of pyridine rings is 1. The summed E-state index contributed by atoms with van der Waals surface area (Å²) in [5, 5.41) is 0. The van der Waals surface area contributed by atoms with Gasteiger partial charge < -0.3 is 9.47 Å². The van der Waals surface area contributed by atoms with Crippen LogP contribution in [-0.2, 0) is 0 Å². The third kappa shape index (κ3) is 4.11. The van der Waals surface area contributed by atoms with Crippen molar-refractivity contribution in [1.82, 2.24) is 4.98 Å². The van der Waals surface area contributed by atoms with E-state index >= 15 is 0 Å². The van der Waals surface area contributed by atoms with E-state index in [4.69, 9.17) is 0 Å². The van der Waals surface area contributed by atoms with Crippen molar-refractivity contribution < 1.29 is 63.0 Å². The Bertz CT molecular complexity index is 1200. The highest BCUT2D eigenvalue weighted by atomic mass is 19.2. The molecule has 0 bridgehead atoms. The molecule has 0 spiro atoms. The van der Waals surface area contributed by atoms with Crippen molar-refractivity contribution in [3.8, 4) is 11.5 Å². The molecule has 0 aliphatic carbocycles. The largest absolute Gasteiger partial charge is 0.415 e. The number of carbonyl (C=O) groups excluding carboxylic acids is 2. The molecule has 5 nitrogen and oxygen atoms in total. The molecule has 34 heavy (non-hydrogen) atoms. The van der Waals surface area contributed by atoms with E-state index in [0.717, 1.165) is 6.07 Å². The fraction of sp³-hybridized carbons (Fsp3) is 0. The molecule has 0 aliphatic heterocycles. The van der Waals surface area contributed by atoms with Crippen LogP contribution in [0, 0.1) is 58.2 Å². The van der Waals surface area contributed by atoms with Gasteiger partial charge >= 0.3 is 11.9 Å². The highest BCUT2D eigenvalue weighted by molar-refractivity contribution is 5.93. The van der Waals surface area contributed by atoms with Crippen LogP contribution in [0.4, 0.5) is 43.9 Å². The molecular formula is C19H3F10NO4. The molecule has 3 rings (SSSR count). The average molecular weight is 499 g/mol. The fourth-order valence-electron chi connectivity index (χ4n) is 2.30. The Kier molecular flexibility index (Phi) is 6.47. The molecule has 2 aromatic carbocycles. The lowest BCUT2D eigenvalue weighted by Crippen LogP contribution is -2.18. The summed E-state index contributed by atoms with van der Waals surface area (Å²) < 4.78 is 142. The molecule has 0 aliphatic rings. The predicted molar refractivity (Wildman–Crippen MR) is 86.6 cm³/mol. The van der Waals surface area contributed by atoms with Gasteiger partial charge in [0.1, 0.15) is 11.4 Å². The van der Waals surface area contributed by atoms with Gasteiger partial charge in [0.15, 0.2) is 0 Å². The van der Waals surface area contributed by atoms with Gasteiger partial charge in [-0.1, -0.05) is 6.07 Å². The average Bonchev–Trinajstić information content (AvgIpc) is 2.84. The highest BCUT2D eigenvalue weighted by Crippen LogP contribution is 2.31. The summed E-state index contributed by atoms with van der Waals surface area (Å²) in [6.07, 6.45) is 0. The minimum atomic E-state index is -2.54. The molecule has 0 saturated carbocycles. The molecule has 178 valence electrons. The predicted octanol–water partition coefficient (Wildman–Crippen LogP) is 4.91. The van der Waals surface area contributed by atoms with Crippen molar-refractivity contribution in [1.29, 1.82) is 0 Å². The zero-order valence-corrected chi connectivity index (χ0v) is 15.6. The SMILES string of the molecule is O=C(Oc1c(F)c(F)c(F)c(F)c1F)c1cccc(C(=O)Oc2c(F)c(F)c(F)c(F)c2F)n1. The Labute approximate surface area is 180 Å². The number of esters is 2. The van der Waals surface area contributed by atoms with Gasteiger partial charge in [0.05, 0.1) is 0 Å². The molecule has 15 heteroatoms. The van der Waals surface area contributed by atoms with E-state index in [2.05, 4.69) is 14.5 Å². The minimum Gasteiger partial charge on any atom is -0.415 e. The lowest BCUT2D eigenvalue weighted by molar-refractivity contribution is 0.0703. The first-order valence-electron chi connectivity index (χ1n) is 8.31. The second kappa shape index (κ2) is 8.99. The maximum absolute atomic E-state index is 13.6. The van der Waals surface area contributed by atoms with Crippen LogP contribution in [0.15, 0.2) is 18.2 Å². The molecule has 0 unspecified atom stereocenters. The maximum atomic E-state index is 13.6. The van der Waals surface area contributed by atoms with Crippen LogP contribution in [0.1, 0.15) is 21.0 Å². The van der Waals surface area contributed by atoms with E-state index in [0.29, 0.717) is 12.1 Å². The third-order valence-electron chi connectivity index (χ3n) is 3.90. The van der Waals surface area contributed by atoms with E-state index < -0.39 is 93.0 Å². The monoisotopic (exact) mass is 499 g/mol. The number of hydrogen-bond donors (Lipinski definition) is 0. The summed E-state index contributed by atoms with van der Waals surface area (Å²) in [7, 11) is 0. The second-order valence-corrected chi connectivity index (χ2v) is 5.99. The quantitative estimate of drug-likeness (QED) is 0.168. The van der Waals surface area contributed by atoms with Crippen molar-refractivity contribution in [2.45, 2.75) is 0 Å². The molecule has 0 N–H and O–H groups in total. The first-order chi connectivity index (χ1) is 15.9. The van der Waals surface area contributed by atoms with Gasteiger partial charge in [0.25, 0.3) is 0 Å². The van der Waals surface area contributed by atoms with Crippen molar-refractivity contribution in [3.05, 3.63) is 87.8 Å². The summed E-state index contributed by atoms with van der Waals surface area (Å²) in [6.45, 7) is 0. The van der Waals surface area contributed by atoms with Crippen molar-refractivity contribution in [2.24, 2.45) is 0 Å². The lowest BCUT2D eigenvalue weighted by atomic mass is 10.2. The molecule has 0 atom stereocenters. The van der Waals surface area contributed by atoms with Crippen LogP contribution in [0.3, 0.4) is 0 Å². The maximum Gasteiger partial charge on any atom is 0.362 e. The zero-order chi connectivity index (χ0) is 25.5. The summed E-state index contributed by atoms with van der Waals surface area (Å²) in [4.78, 5) is 27.3. The van der Waals surface area contributed by atoms with Gasteiger partial charge in [-0.25, -0.2) is 40.9 Å². The standard InChI is InChI=1S/C19H3F10NO4/c20-6-8(22)12(26)16(13(27)9(6)23)33-18(31)4-2-1-3-5(30-4)19(32)34-17-14(28)10(24)7(21)11(25)15(17)29/h1-3H. The van der Waals surface area contributed by atoms with Crippen LogP contribution in [0.2, 0.25) is 0 Å². The third-order valence-corrected chi connectivity index (χ3v) is 3.90. The number of benzene rings is 2. The van der Waals surface area contributed by atoms with Gasteiger partial charge in [-0.3, -0.25) is 0 Å². The van der Waals surface area contributed by atoms with Gasteiger partial charge in [-0.15, -0.1) is 0 Å². The number of carbonyl (C=O) groups is 2. The van der Waals surface area contributed by atoms with Crippen LogP contribution >= 0.6 is 0 Å². The topological polar surface area (TPSA) is 65.5 Å². The summed E-state index contributed by atoms with van der Waals surface area (Å²) in [5.74, 6) is -32.6. The molecule has 1 aromatic heterocycles. The first-order valence-corrected chi connectivity index (χ1v) is 8.31. The zero-order valence-electron chi connectivity index (χ0n) is 15.6. The molecule has 1 heterocycles. The fourth-order valence-corrected chi connectivity index (χ4v) is 2.30. The summed E-state index contributed by atoms with van der Waals surface area (Å²) in [5.41, 5.74) is -2.04. The molecule has 3 aromatic rings. The Morgan fingerprint density at radius 3 is 1.06 bits per heavy atom. The molecule has 0 fully saturated rings. The van der Waals surface area contributed by atoms with Crippen LogP contribution in [0.5, 0.6) is 11.5 Å². The van der Waals surface area contributed by atoms with Crippen LogP contribution < -0.4 is 9.47 Å². The summed E-state index contributed by atoms with van der Waals surface area (Å²) in [6, 6.07) is 2.24. The van der Waals surface area contributed by atoms with Crippen LogP contribution in [-0.4, -0.2) is 16.9 Å². The van der Waals surface area contributed by atoms with E-state index in [1.54, 1.807) is 0 Å². The lowest BCUT2D eigenvalue weighted by Gasteiger charge is -2.10. The van der Waals surface area contributed by atoms with Crippen molar-refractivity contribution in [2.75, 3.05) is 0 Å². The van der Waals surface area contributed by atoms with Gasteiger partial charge in [0, 0.05) is 0 Å². The Morgan fingerprint density at radius 2 is 0.765 bits per heavy atom. The number of ether oxygens (including phenoxy) is 2. The Hall–Kier alpha value is -4.17. The number of rotatable bonds is 4. The van der Waals surface area contributed by atoms with Gasteiger partial charge in [0.2, 0.25) is 69.7 Å². The summed E-state index contributed by atoms with van der Waals surface area (Å²) >= 11 is 0. The normalized spacial score (nSPS) is 10.9. The van der Waals surface area contributed by atoms with Gasteiger partial charge in [-0.05, 0) is 12.1 Å². The highest BCUT2D eigenvalue weighted by Gasteiger charge is 2.31. The number of nitrogens with zero attached hydrogens (tertiary/aromatic N) is 1. The van der Waals surface area contributed by atoms with E-state index in [1.807, 2.05) is 0 Å². The second-order valence-electron chi connectivity index (χ2n) is 5.99. The number of hydrogen-bond acceptors (Lipinski definition) is 5. The van der Waals surface area contributed by atoms with E-state index in [-0.39, 0.29) is 0 Å². The number of halogens is 10. The minimum absolute atomic E-state index is 0.712. The van der Waals surface area contributed by atoms with E-state index in [9.17, 15) is 53.5 Å². The van der Waals surface area contributed by atoms with Crippen molar-refractivity contribution >= 4 is 11.9 Å². The molecule has 0 radical (unpaired) electrons. The Balaban J connectivity index is 1.91. The smallest absolute Gasteiger partial charge is 0.362 e. The van der Waals surface area contributed by atoms with E-state index in [1.165, 1.54) is 0 Å². The number of aromatic nitrogens is 1. The molecular weight excluding hydrogens is 496 g/mol. The van der Waals surface area contributed by atoms with Crippen LogP contribution in [0.25, 0.3) is 0 Å². The first kappa shape index (κ1) is 24.5. The van der Waals surface area contributed by atoms with Gasteiger partial charge in [-0.2, -0.15) is 17.6 Å². The molecule has 0 amide bonds. The van der Waals surface area contributed by atoms with Crippen molar-refractivity contribution in [3.63, 3.8) is 0 Å². The Morgan fingerprint density at radius 1 is 0.500 bits per heavy atom. The molecule has 0 saturated heterocycles.